The summed E-state index contributed by atoms with van der Waals surface area (Å²) in [6.07, 6.45) is 1.53. The quantitative estimate of drug-likeness (QED) is 0.831. The molecule has 2 heterocycles. The molecule has 0 spiro atoms. The number of aryl methyl sites for hydroxylation is 1. The lowest BCUT2D eigenvalue weighted by Crippen LogP contribution is -2.51. The largest absolute Gasteiger partial charge is 0.467 e. The minimum atomic E-state index is -0.705. The van der Waals surface area contributed by atoms with Gasteiger partial charge in [0.25, 0.3) is 0 Å². The van der Waals surface area contributed by atoms with Crippen LogP contribution in [0.4, 0.5) is 10.5 Å². The first-order valence-electron chi connectivity index (χ1n) is 8.63. The third-order valence-electron chi connectivity index (χ3n) is 4.76. The maximum Gasteiger partial charge on any atom is 0.336 e. The lowest BCUT2D eigenvalue weighted by Gasteiger charge is -2.31. The Bertz CT molecular complexity index is 649. The van der Waals surface area contributed by atoms with Crippen molar-refractivity contribution in [2.45, 2.75) is 25.5 Å². The van der Waals surface area contributed by atoms with E-state index < -0.39 is 12.1 Å². The van der Waals surface area contributed by atoms with Crippen molar-refractivity contribution in [1.82, 2.24) is 10.2 Å². The predicted molar refractivity (Wildman–Crippen MR) is 93.6 cm³/mol. The number of rotatable bonds is 3. The molecule has 7 nitrogen and oxygen atoms in total. The van der Waals surface area contributed by atoms with Crippen molar-refractivity contribution >= 4 is 17.7 Å². The van der Waals surface area contributed by atoms with Crippen LogP contribution in [0.15, 0.2) is 18.2 Å². The normalized spacial score (nSPS) is 20.0. The Labute approximate surface area is 147 Å². The number of anilines is 1. The number of carbonyl (C=O) groups is 2. The molecule has 1 N–H and O–H groups in total. The van der Waals surface area contributed by atoms with Crippen LogP contribution in [-0.4, -0.2) is 63.4 Å². The number of esters is 1. The van der Waals surface area contributed by atoms with Gasteiger partial charge in [-0.25, -0.2) is 9.59 Å². The highest BCUT2D eigenvalue weighted by Gasteiger charge is 2.29. The zero-order chi connectivity index (χ0) is 17.8. The van der Waals surface area contributed by atoms with E-state index in [2.05, 4.69) is 40.2 Å². The predicted octanol–water partition coefficient (Wildman–Crippen LogP) is 1.15. The number of fused-ring (bicyclic) bond motifs is 1. The third-order valence-corrected chi connectivity index (χ3v) is 4.76. The highest BCUT2D eigenvalue weighted by molar-refractivity contribution is 5.78. The molecule has 25 heavy (non-hydrogen) atoms. The molecule has 0 unspecified atom stereocenters. The van der Waals surface area contributed by atoms with Crippen molar-refractivity contribution in [2.75, 3.05) is 45.3 Å². The Morgan fingerprint density at radius 3 is 3.00 bits per heavy atom. The molecule has 0 radical (unpaired) electrons. The summed E-state index contributed by atoms with van der Waals surface area (Å²) >= 11 is 0. The van der Waals surface area contributed by atoms with E-state index in [-0.39, 0.29) is 12.6 Å². The number of carbonyl (C=O) groups excluding carboxylic acids is 2. The van der Waals surface area contributed by atoms with Gasteiger partial charge in [0.2, 0.25) is 0 Å². The molecule has 1 aromatic rings. The number of nitrogens with one attached hydrogen (secondary N) is 1. The number of amides is 2. The fourth-order valence-electron chi connectivity index (χ4n) is 3.35. The minimum Gasteiger partial charge on any atom is -0.467 e. The van der Waals surface area contributed by atoms with Crippen LogP contribution in [-0.2, 0) is 27.2 Å². The van der Waals surface area contributed by atoms with Gasteiger partial charge in [-0.2, -0.15) is 0 Å². The Hall–Kier alpha value is -2.28. The summed E-state index contributed by atoms with van der Waals surface area (Å²) in [4.78, 5) is 27.8. The number of urea groups is 1. The molecule has 2 aliphatic heterocycles. The topological polar surface area (TPSA) is 71.1 Å². The van der Waals surface area contributed by atoms with Crippen molar-refractivity contribution in [1.29, 1.82) is 0 Å². The number of methoxy groups -OCH3 is 1. The second kappa shape index (κ2) is 7.74. The van der Waals surface area contributed by atoms with E-state index in [0.29, 0.717) is 19.7 Å². The number of ether oxygens (including phenoxy) is 2. The van der Waals surface area contributed by atoms with Crippen LogP contribution >= 0.6 is 0 Å². The van der Waals surface area contributed by atoms with Crippen molar-refractivity contribution in [3.63, 3.8) is 0 Å². The van der Waals surface area contributed by atoms with E-state index in [9.17, 15) is 9.59 Å². The van der Waals surface area contributed by atoms with E-state index in [4.69, 9.17) is 4.74 Å². The molecule has 0 bridgehead atoms. The molecule has 7 heteroatoms. The van der Waals surface area contributed by atoms with Gasteiger partial charge in [0, 0.05) is 32.4 Å². The molecule has 2 amide bonds. The van der Waals surface area contributed by atoms with Gasteiger partial charge in [-0.05, 0) is 30.0 Å². The molecule has 0 aromatic heterocycles. The summed E-state index contributed by atoms with van der Waals surface area (Å²) in [5, 5.41) is 2.93. The van der Waals surface area contributed by atoms with E-state index in [1.807, 2.05) is 0 Å². The first-order valence-corrected chi connectivity index (χ1v) is 8.63. The second-order valence-corrected chi connectivity index (χ2v) is 6.48. The maximum absolute atomic E-state index is 12.4. The van der Waals surface area contributed by atoms with Crippen LogP contribution in [0.3, 0.4) is 0 Å². The highest BCUT2D eigenvalue weighted by Crippen LogP contribution is 2.26. The molecular formula is C18H25N3O4. The third kappa shape index (κ3) is 4.04. The molecule has 0 saturated carbocycles. The summed E-state index contributed by atoms with van der Waals surface area (Å²) < 4.78 is 10.0. The lowest BCUT2D eigenvalue weighted by atomic mass is 9.99. The fourth-order valence-corrected chi connectivity index (χ4v) is 3.35. The van der Waals surface area contributed by atoms with Crippen LogP contribution < -0.4 is 10.2 Å². The highest BCUT2D eigenvalue weighted by atomic mass is 16.6. The summed E-state index contributed by atoms with van der Waals surface area (Å²) in [6.45, 7) is 2.57. The maximum atomic E-state index is 12.4. The van der Waals surface area contributed by atoms with Crippen LogP contribution in [0.5, 0.6) is 0 Å². The van der Waals surface area contributed by atoms with E-state index >= 15 is 0 Å². The van der Waals surface area contributed by atoms with Gasteiger partial charge in [-0.3, -0.25) is 0 Å². The fraction of sp³-hybridized carbons (Fsp3) is 0.556. The van der Waals surface area contributed by atoms with Gasteiger partial charge >= 0.3 is 12.0 Å². The number of hydrogen-bond donors (Lipinski definition) is 1. The zero-order valence-electron chi connectivity index (χ0n) is 14.8. The summed E-state index contributed by atoms with van der Waals surface area (Å²) in [5.41, 5.74) is 3.69. The summed E-state index contributed by atoms with van der Waals surface area (Å²) in [6, 6.07) is 6.16. The Kier molecular flexibility index (Phi) is 5.43. The summed E-state index contributed by atoms with van der Waals surface area (Å²) in [5.74, 6) is -0.448. The van der Waals surface area contributed by atoms with Crippen LogP contribution in [0.2, 0.25) is 0 Å². The van der Waals surface area contributed by atoms with Gasteiger partial charge in [0.1, 0.15) is 0 Å². The number of benzene rings is 1. The molecule has 136 valence electrons. The van der Waals surface area contributed by atoms with E-state index in [0.717, 1.165) is 24.9 Å². The smallest absolute Gasteiger partial charge is 0.336 e. The van der Waals surface area contributed by atoms with E-state index in [1.165, 1.54) is 18.4 Å². The molecule has 3 rings (SSSR count). The van der Waals surface area contributed by atoms with Crippen molar-refractivity contribution in [3.05, 3.63) is 29.3 Å². The minimum absolute atomic E-state index is 0.188. The second-order valence-electron chi connectivity index (χ2n) is 6.48. The van der Waals surface area contributed by atoms with Crippen LogP contribution in [0.1, 0.15) is 17.5 Å². The Morgan fingerprint density at radius 2 is 2.20 bits per heavy atom. The van der Waals surface area contributed by atoms with Crippen molar-refractivity contribution < 1.29 is 19.1 Å². The average Bonchev–Trinajstić information content (AvgIpc) is 2.65. The number of nitrogens with zero attached hydrogens (tertiary/aromatic N) is 2. The van der Waals surface area contributed by atoms with Gasteiger partial charge in [0.05, 0.1) is 20.3 Å². The molecule has 1 fully saturated rings. The number of morpholine rings is 1. The first kappa shape index (κ1) is 17.5. The molecular weight excluding hydrogens is 322 g/mol. The zero-order valence-corrected chi connectivity index (χ0v) is 14.8. The molecule has 2 aliphatic rings. The van der Waals surface area contributed by atoms with Gasteiger partial charge in [-0.15, -0.1) is 0 Å². The van der Waals surface area contributed by atoms with Gasteiger partial charge in [0.15, 0.2) is 6.10 Å². The molecule has 1 aromatic carbocycles. The Morgan fingerprint density at radius 1 is 1.36 bits per heavy atom. The molecule has 1 saturated heterocycles. The lowest BCUT2D eigenvalue weighted by molar-refractivity contribution is -0.158. The number of hydrogen-bond acceptors (Lipinski definition) is 5. The average molecular weight is 347 g/mol. The molecule has 1 atom stereocenters. The molecule has 0 aliphatic carbocycles. The van der Waals surface area contributed by atoms with E-state index in [1.54, 1.807) is 4.90 Å². The van der Waals surface area contributed by atoms with Crippen molar-refractivity contribution in [3.8, 4) is 0 Å². The van der Waals surface area contributed by atoms with Gasteiger partial charge < -0.3 is 24.6 Å². The Balaban J connectivity index is 1.56. The SMILES string of the molecule is COC(=O)[C@H]1CN(C(=O)NCc2ccc3c(c2)CCCN3C)CCO1. The van der Waals surface area contributed by atoms with Crippen LogP contribution in [0, 0.1) is 0 Å². The van der Waals surface area contributed by atoms with Crippen molar-refractivity contribution in [2.24, 2.45) is 0 Å². The van der Waals surface area contributed by atoms with Crippen LogP contribution in [0.25, 0.3) is 0 Å². The standard InChI is InChI=1S/C18H25N3O4/c1-20-7-3-4-14-10-13(5-6-15(14)20)11-19-18(23)21-8-9-25-16(12-21)17(22)24-2/h5-6,10,16H,3-4,7-9,11-12H2,1-2H3,(H,19,23)/t16-/m1/s1. The first-order chi connectivity index (χ1) is 12.1. The monoisotopic (exact) mass is 347 g/mol. The van der Waals surface area contributed by atoms with Gasteiger partial charge in [-0.1, -0.05) is 12.1 Å². The summed E-state index contributed by atoms with van der Waals surface area (Å²) in [7, 11) is 3.42.